The van der Waals surface area contributed by atoms with Crippen LogP contribution in [0.3, 0.4) is 0 Å². The van der Waals surface area contributed by atoms with E-state index in [9.17, 15) is 4.79 Å². The van der Waals surface area contributed by atoms with E-state index in [4.69, 9.17) is 16.3 Å². The summed E-state index contributed by atoms with van der Waals surface area (Å²) in [6.07, 6.45) is 13.3. The monoisotopic (exact) mass is 424 g/mol. The smallest absolute Gasteiger partial charge is 0.229 e. The Morgan fingerprint density at radius 2 is 2.10 bits per heavy atom. The van der Waals surface area contributed by atoms with Gasteiger partial charge in [0.2, 0.25) is 5.91 Å². The van der Waals surface area contributed by atoms with Gasteiger partial charge in [-0.05, 0) is 51.2 Å². The van der Waals surface area contributed by atoms with E-state index in [1.165, 1.54) is 0 Å². The second-order valence-corrected chi connectivity index (χ2v) is 8.52. The van der Waals surface area contributed by atoms with Gasteiger partial charge >= 0.3 is 0 Å². The quantitative estimate of drug-likeness (QED) is 0.732. The summed E-state index contributed by atoms with van der Waals surface area (Å²) in [5.74, 6) is 1.95. The molecule has 4 rings (SSSR count). The predicted molar refractivity (Wildman–Crippen MR) is 117 cm³/mol. The molecule has 156 valence electrons. The van der Waals surface area contributed by atoms with Gasteiger partial charge in [-0.1, -0.05) is 35.9 Å². The third kappa shape index (κ3) is 4.10. The molecule has 0 radical (unpaired) electrons. The minimum atomic E-state index is -0.260. The zero-order chi connectivity index (χ0) is 21.3. The Morgan fingerprint density at radius 3 is 2.80 bits per heavy atom. The van der Waals surface area contributed by atoms with Gasteiger partial charge in [0, 0.05) is 17.5 Å². The molecule has 0 bridgehead atoms. The lowest BCUT2D eigenvalue weighted by molar-refractivity contribution is -0.118. The molecule has 6 nitrogen and oxygen atoms in total. The molecule has 1 amide bonds. The molecule has 1 fully saturated rings. The largest absolute Gasteiger partial charge is 0.489 e. The SMILES string of the molecule is Cc1ncc(OC[C@@]2(C3C=CC=CC3)C[C@H]2C(=O)Nc2cc(C)c(Cl)cn2)c(C)n1. The van der Waals surface area contributed by atoms with Crippen molar-refractivity contribution in [1.82, 2.24) is 15.0 Å². The number of hydrogen-bond donors (Lipinski definition) is 1. The molecule has 0 aromatic carbocycles. The fourth-order valence-electron chi connectivity index (χ4n) is 4.11. The zero-order valence-corrected chi connectivity index (χ0v) is 18.1. The van der Waals surface area contributed by atoms with Crippen LogP contribution >= 0.6 is 11.6 Å². The molecule has 2 aromatic heterocycles. The van der Waals surface area contributed by atoms with Crippen LogP contribution < -0.4 is 10.1 Å². The highest BCUT2D eigenvalue weighted by Gasteiger charge is 2.62. The van der Waals surface area contributed by atoms with Gasteiger partial charge < -0.3 is 10.1 Å². The van der Waals surface area contributed by atoms with Crippen molar-refractivity contribution in [2.75, 3.05) is 11.9 Å². The molecule has 2 heterocycles. The summed E-state index contributed by atoms with van der Waals surface area (Å²) >= 11 is 6.04. The maximum Gasteiger partial charge on any atom is 0.229 e. The van der Waals surface area contributed by atoms with E-state index in [1.807, 2.05) is 32.9 Å². The van der Waals surface area contributed by atoms with Crippen LogP contribution in [-0.2, 0) is 4.79 Å². The summed E-state index contributed by atoms with van der Waals surface area (Å²) in [5.41, 5.74) is 1.42. The maximum absolute atomic E-state index is 13.0. The highest BCUT2D eigenvalue weighted by atomic mass is 35.5. The highest BCUT2D eigenvalue weighted by Crippen LogP contribution is 2.60. The van der Waals surface area contributed by atoms with E-state index < -0.39 is 0 Å². The first kappa shape index (κ1) is 20.5. The van der Waals surface area contributed by atoms with Gasteiger partial charge in [-0.25, -0.2) is 15.0 Å². The van der Waals surface area contributed by atoms with Crippen molar-refractivity contribution >= 4 is 23.3 Å². The fraction of sp³-hybridized carbons (Fsp3) is 0.391. The maximum atomic E-state index is 13.0. The molecular formula is C23H25ClN4O2. The van der Waals surface area contributed by atoms with E-state index in [-0.39, 0.29) is 23.2 Å². The normalized spacial score (nSPS) is 24.5. The first-order valence-corrected chi connectivity index (χ1v) is 10.5. The third-order valence-electron chi connectivity index (χ3n) is 6.00. The number of aryl methyl sites for hydroxylation is 3. The first-order chi connectivity index (χ1) is 14.4. The summed E-state index contributed by atoms with van der Waals surface area (Å²) in [7, 11) is 0. The summed E-state index contributed by atoms with van der Waals surface area (Å²) in [6, 6.07) is 1.79. The molecule has 2 aliphatic carbocycles. The zero-order valence-electron chi connectivity index (χ0n) is 17.4. The molecule has 2 aliphatic rings. The van der Waals surface area contributed by atoms with Gasteiger partial charge in [0.25, 0.3) is 0 Å². The Labute approximate surface area is 181 Å². The van der Waals surface area contributed by atoms with Crippen LogP contribution in [0, 0.1) is 38.0 Å². The van der Waals surface area contributed by atoms with E-state index in [1.54, 1.807) is 18.5 Å². The van der Waals surface area contributed by atoms with Crippen molar-refractivity contribution in [2.24, 2.45) is 17.3 Å². The number of rotatable bonds is 6. The van der Waals surface area contributed by atoms with Crippen molar-refractivity contribution in [3.63, 3.8) is 0 Å². The molecule has 1 saturated carbocycles. The Morgan fingerprint density at radius 1 is 1.27 bits per heavy atom. The molecule has 0 aliphatic heterocycles. The number of carbonyl (C=O) groups is 1. The van der Waals surface area contributed by atoms with Crippen LogP contribution in [0.15, 0.2) is 42.8 Å². The summed E-state index contributed by atoms with van der Waals surface area (Å²) < 4.78 is 6.14. The van der Waals surface area contributed by atoms with E-state index in [2.05, 4.69) is 32.4 Å². The van der Waals surface area contributed by atoms with Crippen molar-refractivity contribution in [3.8, 4) is 5.75 Å². The third-order valence-corrected chi connectivity index (χ3v) is 6.40. The van der Waals surface area contributed by atoms with Gasteiger partial charge in [0.15, 0.2) is 5.75 Å². The Balaban J connectivity index is 1.51. The average Bonchev–Trinajstić information content (AvgIpc) is 3.47. The van der Waals surface area contributed by atoms with Crippen LogP contribution in [0.2, 0.25) is 5.02 Å². The molecule has 0 saturated heterocycles. The number of carbonyl (C=O) groups excluding carboxylic acids is 1. The molecule has 1 unspecified atom stereocenters. The van der Waals surface area contributed by atoms with Gasteiger partial charge in [0.1, 0.15) is 11.6 Å². The molecule has 30 heavy (non-hydrogen) atoms. The molecular weight excluding hydrogens is 400 g/mol. The minimum absolute atomic E-state index is 0.0346. The second kappa shape index (κ2) is 8.19. The van der Waals surface area contributed by atoms with Crippen LogP contribution in [0.25, 0.3) is 0 Å². The van der Waals surface area contributed by atoms with Crippen molar-refractivity contribution in [1.29, 1.82) is 0 Å². The van der Waals surface area contributed by atoms with Crippen molar-refractivity contribution in [3.05, 3.63) is 64.9 Å². The number of nitrogens with zero attached hydrogens (tertiary/aromatic N) is 3. The Hall–Kier alpha value is -2.73. The summed E-state index contributed by atoms with van der Waals surface area (Å²) in [4.78, 5) is 25.9. The van der Waals surface area contributed by atoms with Gasteiger partial charge in [-0.15, -0.1) is 0 Å². The number of ether oxygens (including phenoxy) is 1. The van der Waals surface area contributed by atoms with Crippen LogP contribution in [-0.4, -0.2) is 27.5 Å². The number of amides is 1. The molecule has 2 aromatic rings. The number of allylic oxidation sites excluding steroid dienone is 4. The summed E-state index contributed by atoms with van der Waals surface area (Å²) in [6.45, 7) is 6.09. The van der Waals surface area contributed by atoms with E-state index >= 15 is 0 Å². The first-order valence-electron chi connectivity index (χ1n) is 10.1. The van der Waals surface area contributed by atoms with Gasteiger partial charge in [0.05, 0.1) is 23.5 Å². The predicted octanol–water partition coefficient (Wildman–Crippen LogP) is 4.61. The van der Waals surface area contributed by atoms with Crippen LogP contribution in [0.1, 0.15) is 29.9 Å². The number of nitrogens with one attached hydrogen (secondary N) is 1. The number of anilines is 1. The Kier molecular flexibility index (Phi) is 5.60. The number of pyridine rings is 1. The van der Waals surface area contributed by atoms with Crippen LogP contribution in [0.4, 0.5) is 5.82 Å². The summed E-state index contributed by atoms with van der Waals surface area (Å²) in [5, 5.41) is 3.53. The highest BCUT2D eigenvalue weighted by molar-refractivity contribution is 6.31. The Bertz CT molecular complexity index is 1040. The van der Waals surface area contributed by atoms with Crippen molar-refractivity contribution in [2.45, 2.75) is 33.6 Å². The lowest BCUT2D eigenvalue weighted by atomic mass is 9.82. The van der Waals surface area contributed by atoms with Gasteiger partial charge in [-0.3, -0.25) is 4.79 Å². The standard InChI is InChI=1S/C23H25ClN4O2/c1-14-9-21(26-11-19(14)24)28-22(29)18-10-23(18,17-7-5-4-6-8-17)13-30-20-12-25-16(3)27-15(20)2/h4-7,9,11-12,17-18H,8,10,13H2,1-3H3,(H,26,28,29)/t17?,18-,23+/m0/s1. The molecule has 3 atom stereocenters. The van der Waals surface area contributed by atoms with Crippen molar-refractivity contribution < 1.29 is 9.53 Å². The minimum Gasteiger partial charge on any atom is -0.489 e. The number of halogens is 1. The van der Waals surface area contributed by atoms with Crippen LogP contribution in [0.5, 0.6) is 5.75 Å². The van der Waals surface area contributed by atoms with E-state index in [0.717, 1.165) is 24.1 Å². The second-order valence-electron chi connectivity index (χ2n) is 8.11. The molecule has 1 N–H and O–H groups in total. The topological polar surface area (TPSA) is 77.0 Å². The average molecular weight is 425 g/mol. The molecule has 0 spiro atoms. The molecule has 7 heteroatoms. The number of hydrogen-bond acceptors (Lipinski definition) is 5. The van der Waals surface area contributed by atoms with Gasteiger partial charge in [-0.2, -0.15) is 0 Å². The fourth-order valence-corrected chi connectivity index (χ4v) is 4.21. The lowest BCUT2D eigenvalue weighted by Crippen LogP contribution is -2.29. The number of aromatic nitrogens is 3. The van der Waals surface area contributed by atoms with E-state index in [0.29, 0.717) is 29.0 Å². The lowest BCUT2D eigenvalue weighted by Gasteiger charge is -2.26.